The Bertz CT molecular complexity index is 2680. The van der Waals surface area contributed by atoms with E-state index in [2.05, 4.69) is 80.8 Å². The molecule has 0 spiro atoms. The molecule has 37 heteroatoms. The Balaban J connectivity index is 3.70. The first-order valence-corrected chi connectivity index (χ1v) is 30.5. The lowest BCUT2D eigenvalue weighted by atomic mass is 10.0. The van der Waals surface area contributed by atoms with Gasteiger partial charge in [0.05, 0.1) is 13.2 Å². The van der Waals surface area contributed by atoms with Gasteiger partial charge in [0.25, 0.3) is 0 Å². The van der Waals surface area contributed by atoms with Gasteiger partial charge in [-0.15, -0.1) is 0 Å². The first-order valence-electron chi connectivity index (χ1n) is 29.8. The Hall–Kier alpha value is -9.10. The first-order chi connectivity index (χ1) is 43.5. The monoisotopic (exact) mass is 1320 g/mol. The quantitative estimate of drug-likeness (QED) is 0.0125. The predicted octanol–water partition coefficient (Wildman–Crippen LogP) is -8.34. The lowest BCUT2D eigenvalue weighted by Crippen LogP contribution is -2.61. The summed E-state index contributed by atoms with van der Waals surface area (Å²) in [7, 11) is 0. The number of hydrogen-bond donors (Lipinski definition) is 22. The van der Waals surface area contributed by atoms with E-state index in [1.54, 1.807) is 44.2 Å². The number of rotatable bonds is 46. The van der Waals surface area contributed by atoms with Gasteiger partial charge < -0.3 is 115 Å². The fourth-order valence-corrected chi connectivity index (χ4v) is 8.87. The van der Waals surface area contributed by atoms with E-state index < -0.39 is 151 Å². The van der Waals surface area contributed by atoms with Crippen LogP contribution in [0.25, 0.3) is 0 Å². The number of primary amides is 1. The number of nitrogens with one attached hydrogen (secondary N) is 10. The van der Waals surface area contributed by atoms with E-state index in [-0.39, 0.29) is 126 Å². The number of aliphatic carboxylic acids is 1. The van der Waals surface area contributed by atoms with Crippen LogP contribution < -0.4 is 105 Å². The summed E-state index contributed by atoms with van der Waals surface area (Å²) in [6.07, 6.45) is -0.758. The molecule has 1 aromatic carbocycles. The van der Waals surface area contributed by atoms with E-state index >= 15 is 0 Å². The minimum atomic E-state index is -1.76. The fraction of sp³-hybridized carbons (Fsp3) is 0.618. The van der Waals surface area contributed by atoms with Crippen molar-refractivity contribution in [1.29, 1.82) is 0 Å². The summed E-state index contributed by atoms with van der Waals surface area (Å²) < 4.78 is 0. The molecule has 0 heterocycles. The van der Waals surface area contributed by atoms with Gasteiger partial charge in [-0.25, -0.2) is 4.79 Å². The third kappa shape index (κ3) is 33.6. The minimum Gasteiger partial charge on any atom is -0.480 e. The average Bonchev–Trinajstić information content (AvgIpc) is 3.68. The number of nitrogens with zero attached hydrogens (tertiary/aromatic N) is 3. The fourth-order valence-electron chi connectivity index (χ4n) is 8.62. The molecule has 0 aromatic heterocycles. The van der Waals surface area contributed by atoms with E-state index in [0.717, 1.165) is 0 Å². The van der Waals surface area contributed by atoms with Gasteiger partial charge in [0.1, 0.15) is 60.4 Å². The van der Waals surface area contributed by atoms with Crippen LogP contribution in [0, 0.1) is 5.92 Å². The molecule has 0 radical (unpaired) electrons. The van der Waals surface area contributed by atoms with Crippen molar-refractivity contribution in [3.05, 3.63) is 35.9 Å². The van der Waals surface area contributed by atoms with Crippen LogP contribution in [0.4, 0.5) is 0 Å². The number of benzene rings is 1. The van der Waals surface area contributed by atoms with Gasteiger partial charge in [0, 0.05) is 38.2 Å². The molecule has 0 saturated heterocycles. The molecule has 0 aliphatic rings. The molecular formula is C55H96N22O14S. The molecule has 10 atom stereocenters. The molecule has 1 aromatic rings. The molecule has 0 aliphatic carbocycles. The van der Waals surface area contributed by atoms with Crippen molar-refractivity contribution >= 4 is 101 Å². The third-order valence-corrected chi connectivity index (χ3v) is 13.8. The molecule has 0 bridgehead atoms. The highest BCUT2D eigenvalue weighted by molar-refractivity contribution is 7.80. The minimum absolute atomic E-state index is 0.0184. The summed E-state index contributed by atoms with van der Waals surface area (Å²) in [5.74, 6) is -12.9. The Morgan fingerprint density at radius 1 is 0.457 bits per heavy atom. The molecule has 0 saturated carbocycles. The average molecular weight is 1320 g/mol. The van der Waals surface area contributed by atoms with E-state index in [9.17, 15) is 67.7 Å². The van der Waals surface area contributed by atoms with Crippen molar-refractivity contribution in [1.82, 2.24) is 53.2 Å². The molecule has 0 unspecified atom stereocenters. The smallest absolute Gasteiger partial charge is 0.326 e. The normalized spacial score (nSPS) is 14.1. The molecule has 516 valence electrons. The second-order valence-electron chi connectivity index (χ2n) is 21.7. The molecule has 1 rings (SSSR count). The second-order valence-corrected chi connectivity index (χ2v) is 22.1. The molecule has 0 fully saturated rings. The highest BCUT2D eigenvalue weighted by atomic mass is 32.1. The van der Waals surface area contributed by atoms with Crippen molar-refractivity contribution in [3.63, 3.8) is 0 Å². The molecule has 92 heavy (non-hydrogen) atoms. The lowest BCUT2D eigenvalue weighted by Gasteiger charge is -2.28. The van der Waals surface area contributed by atoms with Gasteiger partial charge in [-0.3, -0.25) is 67.7 Å². The van der Waals surface area contributed by atoms with Crippen molar-refractivity contribution in [3.8, 4) is 0 Å². The summed E-state index contributed by atoms with van der Waals surface area (Å²) in [6.45, 7) is 3.30. The molecule has 0 aliphatic heterocycles. The maximum atomic E-state index is 14.6. The maximum absolute atomic E-state index is 14.6. The van der Waals surface area contributed by atoms with Gasteiger partial charge in [-0.1, -0.05) is 44.2 Å². The number of aliphatic imine (C=N–C) groups is 3. The molecular weight excluding hydrogens is 1220 g/mol. The van der Waals surface area contributed by atoms with Gasteiger partial charge in [0.2, 0.25) is 65.0 Å². The first kappa shape index (κ1) is 80.9. The van der Waals surface area contributed by atoms with Crippen LogP contribution in [0.5, 0.6) is 0 Å². The predicted molar refractivity (Wildman–Crippen MR) is 343 cm³/mol. The summed E-state index contributed by atoms with van der Waals surface area (Å²) >= 11 is 4.23. The van der Waals surface area contributed by atoms with Crippen molar-refractivity contribution in [2.45, 2.75) is 165 Å². The standard InChI is InChI=1S/C55H96N22O14S/c1-29(2)24-37(74-50(88)39(27-78)76-48(86)36(18-19-41(58)79)69-43(81)30(3)68-42(80)26-57)49(87)73-32(14-7-8-20-56)44(82)70-33(15-9-21-65-53(59)60)45(83)71-34(16-10-22-66-54(61)62)46(84)72-35(17-11-23-67-55(63)64)47(85)77-40(28-92)51(89)75-38(52(90)91)25-31-12-5-4-6-13-31/h4-6,12-13,29-30,32-40,78,92H,7-11,14-28,56-57H2,1-3H3,(H2,58,79)(H,68,80)(H,69,81)(H,70,82)(H,71,83)(H,72,84)(H,73,87)(H,74,88)(H,75,89)(H,76,86)(H,77,85)(H,90,91)(H4,59,60,65)(H4,61,62,66)(H4,63,64,67)/t30-,32-,33-,34-,35-,36-,37-,38-,39-,40-/m0/s1. The van der Waals surface area contributed by atoms with Gasteiger partial charge in [-0.05, 0) is 95.6 Å². The Labute approximate surface area is 538 Å². The number of carboxylic acid groups (broad SMARTS) is 1. The third-order valence-electron chi connectivity index (χ3n) is 13.5. The Morgan fingerprint density at radius 3 is 1.20 bits per heavy atom. The molecule has 11 amide bonds. The second kappa shape index (κ2) is 44.4. The number of aliphatic hydroxyl groups is 1. The number of guanidine groups is 3. The van der Waals surface area contributed by atoms with Crippen LogP contribution in [0.3, 0.4) is 0 Å². The number of carboxylic acids is 1. The number of unbranched alkanes of at least 4 members (excludes halogenated alkanes) is 1. The van der Waals surface area contributed by atoms with E-state index in [1.807, 2.05) is 0 Å². The van der Waals surface area contributed by atoms with Crippen LogP contribution >= 0.6 is 12.6 Å². The van der Waals surface area contributed by atoms with Crippen molar-refractivity contribution in [2.24, 2.45) is 72.5 Å². The largest absolute Gasteiger partial charge is 0.480 e. The van der Waals surface area contributed by atoms with Gasteiger partial charge >= 0.3 is 5.97 Å². The van der Waals surface area contributed by atoms with Crippen LogP contribution in [0.2, 0.25) is 0 Å². The van der Waals surface area contributed by atoms with E-state index in [4.69, 9.17) is 51.6 Å². The SMILES string of the molecule is CC(C)C[C@H](NC(=O)[C@H](CO)NC(=O)[C@H](CCC(N)=O)NC(=O)[C@H](C)NC(=O)CN)C(=O)N[C@@H](CCCCN)C(=O)N[C@@H](CCCN=C(N)N)C(=O)N[C@@H](CCCN=C(N)N)C(=O)N[C@@H](CCCN=C(N)N)C(=O)N[C@@H](CS)C(=O)N[C@@H](Cc1ccccc1)C(=O)O. The Morgan fingerprint density at radius 2 is 0.815 bits per heavy atom. The number of amides is 11. The maximum Gasteiger partial charge on any atom is 0.326 e. The van der Waals surface area contributed by atoms with Gasteiger partial charge in [0.15, 0.2) is 17.9 Å². The van der Waals surface area contributed by atoms with Crippen molar-refractivity contribution < 1.29 is 67.7 Å². The molecule has 36 nitrogen and oxygen atoms in total. The summed E-state index contributed by atoms with van der Waals surface area (Å²) in [4.78, 5) is 173. The Kier molecular flexibility index (Phi) is 39.0. The summed E-state index contributed by atoms with van der Waals surface area (Å²) in [5.41, 5.74) is 50.3. The highest BCUT2D eigenvalue weighted by Gasteiger charge is 2.36. The summed E-state index contributed by atoms with van der Waals surface area (Å²) in [5, 5.41) is 45.2. The highest BCUT2D eigenvalue weighted by Crippen LogP contribution is 2.12. The zero-order valence-electron chi connectivity index (χ0n) is 52.2. The molecule has 30 N–H and O–H groups in total. The number of nitrogens with two attached hydrogens (primary N) is 9. The van der Waals surface area contributed by atoms with Gasteiger partial charge in [-0.2, -0.15) is 12.6 Å². The zero-order chi connectivity index (χ0) is 69.5. The summed E-state index contributed by atoms with van der Waals surface area (Å²) in [6, 6.07) is -6.23. The van der Waals surface area contributed by atoms with Crippen LogP contribution in [0.1, 0.15) is 103 Å². The zero-order valence-corrected chi connectivity index (χ0v) is 53.1. The lowest BCUT2D eigenvalue weighted by molar-refractivity contribution is -0.142. The van der Waals surface area contributed by atoms with E-state index in [1.165, 1.54) is 6.92 Å². The van der Waals surface area contributed by atoms with Crippen LogP contribution in [0.15, 0.2) is 45.3 Å². The number of carbonyl (C=O) groups excluding carboxylic acids is 11. The number of carbonyl (C=O) groups is 12. The van der Waals surface area contributed by atoms with E-state index in [0.29, 0.717) is 12.0 Å². The van der Waals surface area contributed by atoms with Crippen molar-refractivity contribution in [2.75, 3.05) is 45.1 Å². The number of aliphatic hydroxyl groups excluding tert-OH is 1. The van der Waals surface area contributed by atoms with Crippen LogP contribution in [-0.2, 0) is 64.0 Å². The van der Waals surface area contributed by atoms with Crippen LogP contribution in [-0.4, -0.2) is 205 Å². The number of thiol groups is 1. The topological polar surface area (TPSA) is 637 Å². The number of hydrogen-bond acceptors (Lipinski definition) is 19.